The van der Waals surface area contributed by atoms with Crippen LogP contribution >= 0.6 is 11.3 Å². The third-order valence-corrected chi connectivity index (χ3v) is 6.07. The van der Waals surface area contributed by atoms with Crippen molar-refractivity contribution in [3.05, 3.63) is 74.5 Å². The second kappa shape index (κ2) is 7.64. The van der Waals surface area contributed by atoms with Gasteiger partial charge in [-0.25, -0.2) is 4.68 Å². The Labute approximate surface area is 168 Å². The summed E-state index contributed by atoms with van der Waals surface area (Å²) in [6, 6.07) is 11.9. The highest BCUT2D eigenvalue weighted by Gasteiger charge is 2.17. The lowest BCUT2D eigenvalue weighted by molar-refractivity contribution is 0.456. The van der Waals surface area contributed by atoms with Gasteiger partial charge in [0.15, 0.2) is 0 Å². The monoisotopic (exact) mass is 393 g/mol. The van der Waals surface area contributed by atoms with Gasteiger partial charge in [-0.2, -0.15) is 5.10 Å². The highest BCUT2D eigenvalue weighted by Crippen LogP contribution is 2.25. The number of hydrogen-bond acceptors (Lipinski definition) is 5. The van der Waals surface area contributed by atoms with Crippen molar-refractivity contribution in [1.29, 1.82) is 0 Å². The van der Waals surface area contributed by atoms with E-state index in [1.54, 1.807) is 29.2 Å². The summed E-state index contributed by atoms with van der Waals surface area (Å²) in [5.74, 6) is 0.229. The first-order valence-electron chi connectivity index (χ1n) is 9.36. The van der Waals surface area contributed by atoms with Crippen LogP contribution in [-0.4, -0.2) is 27.1 Å². The van der Waals surface area contributed by atoms with Crippen LogP contribution in [0.3, 0.4) is 0 Å². The number of rotatable bonds is 3. The van der Waals surface area contributed by atoms with Crippen LogP contribution in [0.5, 0.6) is 11.5 Å². The van der Waals surface area contributed by atoms with Crippen LogP contribution in [-0.2, 0) is 12.8 Å². The fourth-order valence-corrected chi connectivity index (χ4v) is 4.36. The minimum Gasteiger partial charge on any atom is -0.508 e. The molecule has 1 unspecified atom stereocenters. The van der Waals surface area contributed by atoms with E-state index >= 15 is 0 Å². The first-order chi connectivity index (χ1) is 13.5. The number of aromatic hydroxyl groups is 2. The number of aromatic nitrogens is 1. The number of thiazole rings is 1. The quantitative estimate of drug-likeness (QED) is 0.523. The van der Waals surface area contributed by atoms with Crippen LogP contribution in [0.1, 0.15) is 34.4 Å². The molecule has 0 bridgehead atoms. The number of phenolic OH excluding ortho intramolecular Hbond substituents is 2. The summed E-state index contributed by atoms with van der Waals surface area (Å²) in [6.07, 6.45) is 4.59. The van der Waals surface area contributed by atoms with Gasteiger partial charge in [-0.1, -0.05) is 24.3 Å². The summed E-state index contributed by atoms with van der Waals surface area (Å²) in [4.78, 5) is 5.80. The molecule has 0 saturated carbocycles. The zero-order chi connectivity index (χ0) is 19.7. The van der Waals surface area contributed by atoms with Crippen molar-refractivity contribution < 1.29 is 10.2 Å². The molecule has 2 aromatic carbocycles. The van der Waals surface area contributed by atoms with E-state index in [0.717, 1.165) is 29.8 Å². The molecule has 1 aliphatic carbocycles. The molecule has 0 aliphatic heterocycles. The lowest BCUT2D eigenvalue weighted by atomic mass is 9.89. The summed E-state index contributed by atoms with van der Waals surface area (Å²) < 4.78 is 1.79. The predicted octanol–water partition coefficient (Wildman–Crippen LogP) is 3.92. The topological polar surface area (TPSA) is 70.1 Å². The third kappa shape index (κ3) is 3.73. The van der Waals surface area contributed by atoms with Gasteiger partial charge < -0.3 is 10.2 Å². The van der Waals surface area contributed by atoms with Gasteiger partial charge in [-0.15, -0.1) is 11.3 Å². The van der Waals surface area contributed by atoms with Gasteiger partial charge in [0.25, 0.3) is 0 Å². The van der Waals surface area contributed by atoms with Gasteiger partial charge in [0, 0.05) is 10.9 Å². The second-order valence-electron chi connectivity index (χ2n) is 7.21. The number of fused-ring (bicyclic) bond motifs is 1. The highest BCUT2D eigenvalue weighted by molar-refractivity contribution is 7.07. The number of aryl methyl sites for hydroxylation is 3. The molecule has 6 heteroatoms. The summed E-state index contributed by atoms with van der Waals surface area (Å²) in [6.45, 7) is 3.72. The molecular weight excluding hydrogens is 370 g/mol. The van der Waals surface area contributed by atoms with E-state index in [9.17, 15) is 10.2 Å². The molecule has 0 spiro atoms. The minimum absolute atomic E-state index is 0.0925. The molecule has 1 heterocycles. The van der Waals surface area contributed by atoms with Crippen LogP contribution < -0.4 is 4.80 Å². The van der Waals surface area contributed by atoms with Crippen LogP contribution in [0, 0.1) is 13.8 Å². The van der Waals surface area contributed by atoms with E-state index < -0.39 is 0 Å². The van der Waals surface area contributed by atoms with Crippen molar-refractivity contribution in [3.63, 3.8) is 0 Å². The summed E-state index contributed by atoms with van der Waals surface area (Å²) >= 11 is 1.57. The van der Waals surface area contributed by atoms with E-state index in [-0.39, 0.29) is 17.5 Å². The number of nitrogens with zero attached hydrogens (tertiary/aromatic N) is 3. The van der Waals surface area contributed by atoms with Gasteiger partial charge in [0.2, 0.25) is 4.80 Å². The van der Waals surface area contributed by atoms with Crippen molar-refractivity contribution in [1.82, 2.24) is 4.68 Å². The zero-order valence-corrected chi connectivity index (χ0v) is 16.8. The highest BCUT2D eigenvalue weighted by atomic mass is 32.1. The molecule has 28 heavy (non-hydrogen) atoms. The maximum atomic E-state index is 10.1. The Balaban J connectivity index is 1.63. The molecule has 3 aromatic rings. The zero-order valence-electron chi connectivity index (χ0n) is 16.0. The second-order valence-corrected chi connectivity index (χ2v) is 8.04. The molecule has 0 saturated heterocycles. The lowest BCUT2D eigenvalue weighted by Crippen LogP contribution is -2.22. The van der Waals surface area contributed by atoms with Gasteiger partial charge in [-0.3, -0.25) is 4.99 Å². The molecule has 2 N–H and O–H groups in total. The Morgan fingerprint density at radius 2 is 1.89 bits per heavy atom. The van der Waals surface area contributed by atoms with Crippen LogP contribution in [0.25, 0.3) is 0 Å². The van der Waals surface area contributed by atoms with Gasteiger partial charge in [0.1, 0.15) is 11.5 Å². The molecule has 5 nitrogen and oxygen atoms in total. The average molecular weight is 394 g/mol. The lowest BCUT2D eigenvalue weighted by Gasteiger charge is -2.21. The Bertz CT molecular complexity index is 1110. The first-order valence-corrected chi connectivity index (χ1v) is 10.2. The van der Waals surface area contributed by atoms with Crippen molar-refractivity contribution in [3.8, 4) is 11.5 Å². The summed E-state index contributed by atoms with van der Waals surface area (Å²) in [7, 11) is 0. The Morgan fingerprint density at radius 3 is 2.71 bits per heavy atom. The SMILES string of the molecule is Cc1cc(O)c(/C=N/n2c(C)csc2=NC2CCc3ccccc3C2)cc1O. The molecular formula is C22H23N3O2S. The molecule has 4 rings (SSSR count). The molecule has 0 fully saturated rings. The number of phenols is 2. The molecule has 1 aromatic heterocycles. The van der Waals surface area contributed by atoms with Crippen molar-refractivity contribution in [2.45, 2.75) is 39.2 Å². The van der Waals surface area contributed by atoms with Crippen LogP contribution in [0.4, 0.5) is 0 Å². The largest absolute Gasteiger partial charge is 0.508 e. The minimum atomic E-state index is 0.0925. The van der Waals surface area contributed by atoms with Gasteiger partial charge in [0.05, 0.1) is 18.0 Å². The molecule has 1 aliphatic rings. The van der Waals surface area contributed by atoms with Crippen molar-refractivity contribution >= 4 is 17.6 Å². The van der Waals surface area contributed by atoms with E-state index in [1.807, 2.05) is 12.3 Å². The average Bonchev–Trinajstić information content (AvgIpc) is 3.03. The van der Waals surface area contributed by atoms with Crippen LogP contribution in [0.2, 0.25) is 0 Å². The number of hydrogen-bond donors (Lipinski definition) is 2. The first kappa shape index (κ1) is 18.5. The Morgan fingerprint density at radius 1 is 1.11 bits per heavy atom. The molecule has 0 amide bonds. The fourth-order valence-electron chi connectivity index (χ4n) is 3.48. The van der Waals surface area contributed by atoms with Gasteiger partial charge >= 0.3 is 0 Å². The van der Waals surface area contributed by atoms with E-state index in [2.05, 4.69) is 29.4 Å². The van der Waals surface area contributed by atoms with Gasteiger partial charge in [-0.05, 0) is 61.9 Å². The number of benzene rings is 2. The fraction of sp³-hybridized carbons (Fsp3) is 0.273. The molecule has 144 valence electrons. The predicted molar refractivity (Wildman–Crippen MR) is 112 cm³/mol. The van der Waals surface area contributed by atoms with E-state index in [4.69, 9.17) is 4.99 Å². The Kier molecular flexibility index (Phi) is 5.05. The van der Waals surface area contributed by atoms with E-state index in [0.29, 0.717) is 11.1 Å². The van der Waals surface area contributed by atoms with Crippen molar-refractivity contribution in [2.75, 3.05) is 0 Å². The maximum absolute atomic E-state index is 10.1. The summed E-state index contributed by atoms with van der Waals surface area (Å²) in [5.41, 5.74) is 4.89. The normalized spacial score (nSPS) is 17.2. The third-order valence-electron chi connectivity index (χ3n) is 5.12. The molecule has 1 atom stereocenters. The maximum Gasteiger partial charge on any atom is 0.206 e. The smallest absolute Gasteiger partial charge is 0.206 e. The standard InChI is InChI=1S/C22H23N3O2S/c1-14-9-21(27)18(11-20(14)26)12-23-25-15(2)13-28-22(25)24-19-8-7-16-5-3-4-6-17(16)10-19/h3-6,9,11-13,19,26-27H,7-8,10H2,1-2H3/b23-12+,24-22?. The molecule has 0 radical (unpaired) electrons. The van der Waals surface area contributed by atoms with E-state index in [1.165, 1.54) is 23.3 Å². The van der Waals surface area contributed by atoms with Crippen molar-refractivity contribution in [2.24, 2.45) is 10.1 Å². The Hall–Kier alpha value is -2.86. The summed E-state index contributed by atoms with van der Waals surface area (Å²) in [5, 5.41) is 26.5. The van der Waals surface area contributed by atoms with Crippen LogP contribution in [0.15, 0.2) is 51.9 Å².